The zero-order chi connectivity index (χ0) is 14.9. The number of hydrogen-bond acceptors (Lipinski definition) is 1. The van der Waals surface area contributed by atoms with E-state index in [2.05, 4.69) is 66.7 Å². The molecule has 0 amide bonds. The predicted octanol–water partition coefficient (Wildman–Crippen LogP) is 4.64. The number of rotatable bonds is 10. The van der Waals surface area contributed by atoms with Gasteiger partial charge in [0, 0.05) is 7.35 Å². The zero-order valence-electron chi connectivity index (χ0n) is 12.8. The van der Waals surface area contributed by atoms with Crippen LogP contribution in [-0.2, 0) is 0 Å². The highest BCUT2D eigenvalue weighted by Gasteiger charge is 2.18. The average Bonchev–Trinajstić information content (AvgIpc) is 2.41. The lowest BCUT2D eigenvalue weighted by atomic mass is 9.97. The van der Waals surface area contributed by atoms with Crippen molar-refractivity contribution in [3.63, 3.8) is 0 Å². The van der Waals surface area contributed by atoms with Gasteiger partial charge in [-0.25, -0.2) is 0 Å². The quantitative estimate of drug-likeness (QED) is 0.246. The molecule has 2 unspecified atom stereocenters. The van der Waals surface area contributed by atoms with Gasteiger partial charge in [-0.05, 0) is 39.9 Å². The Hall–Kier alpha value is 0.640. The first-order valence-electron chi connectivity index (χ1n) is 6.66. The fourth-order valence-electron chi connectivity index (χ4n) is 1.79. The van der Waals surface area contributed by atoms with Crippen LogP contribution in [-0.4, -0.2) is 41.9 Å². The van der Waals surface area contributed by atoms with Gasteiger partial charge in [0.25, 0.3) is 0 Å². The van der Waals surface area contributed by atoms with Gasteiger partial charge < -0.3 is 4.90 Å². The Labute approximate surface area is 140 Å². The molecular weight excluding hydrogens is 460 g/mol. The third kappa shape index (κ3) is 7.85. The van der Waals surface area contributed by atoms with Gasteiger partial charge in [0.2, 0.25) is 0 Å². The number of hydrogen-bond donors (Lipinski definition) is 0. The summed E-state index contributed by atoms with van der Waals surface area (Å²) >= 11 is -0.0945. The van der Waals surface area contributed by atoms with Crippen LogP contribution in [0.5, 0.6) is 0 Å². The number of allylic oxidation sites excluding steroid dienone is 3. The molecule has 0 bridgehead atoms. The van der Waals surface area contributed by atoms with Crippen molar-refractivity contribution < 1.29 is 0 Å². The van der Waals surface area contributed by atoms with Crippen molar-refractivity contribution in [1.82, 2.24) is 4.90 Å². The van der Waals surface area contributed by atoms with Crippen LogP contribution in [0.25, 0.3) is 0 Å². The molecule has 0 spiro atoms. The molecule has 0 N–H and O–H groups in total. The van der Waals surface area contributed by atoms with Crippen LogP contribution >= 0.6 is 41.5 Å². The third-order valence-electron chi connectivity index (χ3n) is 3.39. The normalized spacial score (nSPS) is 18.4. The highest BCUT2D eigenvalue weighted by atomic mass is 127. The fourth-order valence-corrected chi connectivity index (χ4v) is 4.66. The zero-order valence-corrected chi connectivity index (χ0v) is 17.1. The smallest absolute Gasteiger partial charge is 0.0497 e. The first-order valence-corrected chi connectivity index (χ1v) is 12.0. The molecule has 1 nitrogen and oxygen atoms in total. The van der Waals surface area contributed by atoms with E-state index in [1.54, 1.807) is 0 Å². The molecule has 0 aromatic carbocycles. The largest absolute Gasteiger partial charge is 0.309 e. The average molecular weight is 489 g/mol. The predicted molar refractivity (Wildman–Crippen MR) is 111 cm³/mol. The van der Waals surface area contributed by atoms with Gasteiger partial charge >= 0.3 is 0 Å². The monoisotopic (exact) mass is 489 g/mol. The van der Waals surface area contributed by atoms with Gasteiger partial charge in [-0.3, -0.25) is 0 Å². The summed E-state index contributed by atoms with van der Waals surface area (Å²) in [6, 6.07) is 0. The number of nitrogens with zero attached hydrogens (tertiary/aromatic N) is 1. The van der Waals surface area contributed by atoms with Crippen LogP contribution in [0.15, 0.2) is 24.8 Å². The number of alkyl halides is 2. The molecular formula is C16H29I2N. The van der Waals surface area contributed by atoms with E-state index >= 15 is 0 Å². The van der Waals surface area contributed by atoms with Crippen LogP contribution in [0, 0.1) is 5.92 Å². The lowest BCUT2D eigenvalue weighted by molar-refractivity contribution is 0.351. The van der Waals surface area contributed by atoms with Gasteiger partial charge in [0.15, 0.2) is 0 Å². The summed E-state index contributed by atoms with van der Waals surface area (Å²) in [6.07, 6.45) is 9.37. The van der Waals surface area contributed by atoms with Gasteiger partial charge in [-0.15, -0.1) is 48.0 Å². The van der Waals surface area contributed by atoms with E-state index in [4.69, 9.17) is 0 Å². The Morgan fingerprint density at radius 1 is 1.32 bits per heavy atom. The summed E-state index contributed by atoms with van der Waals surface area (Å²) in [5, 5.41) is 0. The maximum atomic E-state index is 4.25. The van der Waals surface area contributed by atoms with Crippen LogP contribution in [0.2, 0.25) is 0 Å². The van der Waals surface area contributed by atoms with Gasteiger partial charge in [0.05, 0.1) is 0 Å². The molecule has 19 heavy (non-hydrogen) atoms. The SMILES string of the molecule is C=CC(C)(/C=C\C(I=C)[C@H](CC)CCN(C)C)I=C. The lowest BCUT2D eigenvalue weighted by Crippen LogP contribution is -2.21. The van der Waals surface area contributed by atoms with E-state index in [1.165, 1.54) is 19.4 Å². The summed E-state index contributed by atoms with van der Waals surface area (Å²) in [5.74, 6) is 0.779. The summed E-state index contributed by atoms with van der Waals surface area (Å²) in [4.78, 5) is 2.28. The first kappa shape index (κ1) is 19.6. The van der Waals surface area contributed by atoms with Crippen molar-refractivity contribution in [3.8, 4) is 0 Å². The molecule has 3 atom stereocenters. The van der Waals surface area contributed by atoms with E-state index in [9.17, 15) is 0 Å². The molecule has 0 aromatic rings. The molecule has 0 radical (unpaired) electrons. The van der Waals surface area contributed by atoms with E-state index in [1.807, 2.05) is 0 Å². The van der Waals surface area contributed by atoms with Crippen LogP contribution in [0.3, 0.4) is 0 Å². The molecule has 0 aliphatic heterocycles. The second kappa shape index (κ2) is 10.4. The van der Waals surface area contributed by atoms with Crippen molar-refractivity contribution in [2.24, 2.45) is 5.92 Å². The molecule has 3 heteroatoms. The molecule has 0 aromatic heterocycles. The minimum atomic E-state index is -0.0939. The van der Waals surface area contributed by atoms with E-state index in [0.717, 1.165) is 5.92 Å². The third-order valence-corrected chi connectivity index (χ3v) is 8.29. The first-order chi connectivity index (χ1) is 8.92. The van der Waals surface area contributed by atoms with E-state index in [0.29, 0.717) is 3.92 Å². The molecule has 0 saturated carbocycles. The molecule has 0 heterocycles. The highest BCUT2D eigenvalue weighted by Crippen LogP contribution is 2.30. The van der Waals surface area contributed by atoms with Crippen LogP contribution in [0.1, 0.15) is 26.7 Å². The van der Waals surface area contributed by atoms with E-state index in [-0.39, 0.29) is 44.9 Å². The maximum Gasteiger partial charge on any atom is 0.0497 e. The topological polar surface area (TPSA) is 3.24 Å². The summed E-state index contributed by atoms with van der Waals surface area (Å²) in [6.45, 7) is 9.68. The van der Waals surface area contributed by atoms with Gasteiger partial charge in [-0.1, -0.05) is 40.6 Å². The Kier molecular flexibility index (Phi) is 10.7. The second-order valence-electron chi connectivity index (χ2n) is 5.21. The summed E-state index contributed by atoms with van der Waals surface area (Å²) in [7, 11) is 4.30. The highest BCUT2D eigenvalue weighted by molar-refractivity contribution is 14.2. The molecule has 0 aliphatic rings. The van der Waals surface area contributed by atoms with Crippen molar-refractivity contribution >= 4 is 50.5 Å². The fraction of sp³-hybridized carbons (Fsp3) is 0.625. The maximum absolute atomic E-state index is 4.25. The Morgan fingerprint density at radius 2 is 1.95 bits per heavy atom. The van der Waals surface area contributed by atoms with Gasteiger partial charge in [-0.2, -0.15) is 0 Å². The number of halogens is 2. The Morgan fingerprint density at radius 3 is 2.32 bits per heavy atom. The summed E-state index contributed by atoms with van der Waals surface area (Å²) < 4.78 is 9.22. The molecule has 0 aliphatic carbocycles. The second-order valence-corrected chi connectivity index (χ2v) is 10.6. The van der Waals surface area contributed by atoms with Crippen molar-refractivity contribution in [3.05, 3.63) is 24.8 Å². The van der Waals surface area contributed by atoms with Gasteiger partial charge in [0.1, 0.15) is 0 Å². The summed E-state index contributed by atoms with van der Waals surface area (Å²) in [5.41, 5.74) is 0. The molecule has 0 rings (SSSR count). The standard InChI is InChI=1S/C16H29I2N/c1-8-14(11-13-19(6)7)15(17-4)10-12-16(3,9-2)18-5/h9-10,12,14-15H,2,4-5,8,11,13H2,1,3,6-7H3/b12-10-/t14-,15?,16?/m1/s1. The van der Waals surface area contributed by atoms with Crippen molar-refractivity contribution in [2.45, 2.75) is 34.0 Å². The lowest BCUT2D eigenvalue weighted by Gasteiger charge is -2.23. The Bertz CT molecular complexity index is 313. The van der Waals surface area contributed by atoms with Crippen molar-refractivity contribution in [1.29, 1.82) is 0 Å². The van der Waals surface area contributed by atoms with Crippen molar-refractivity contribution in [2.75, 3.05) is 20.6 Å². The molecule has 0 fully saturated rings. The minimum absolute atomic E-state index is 0.000583. The minimum Gasteiger partial charge on any atom is -0.309 e. The Balaban J connectivity index is 4.78. The van der Waals surface area contributed by atoms with Crippen LogP contribution in [0.4, 0.5) is 0 Å². The van der Waals surface area contributed by atoms with Crippen LogP contribution < -0.4 is 0 Å². The van der Waals surface area contributed by atoms with E-state index < -0.39 is 0 Å². The molecule has 112 valence electrons. The molecule has 0 saturated heterocycles.